The van der Waals surface area contributed by atoms with Gasteiger partial charge in [0.05, 0.1) is 6.61 Å². The third kappa shape index (κ3) is 3.45. The van der Waals surface area contributed by atoms with E-state index in [1.807, 2.05) is 20.0 Å². The highest BCUT2D eigenvalue weighted by molar-refractivity contribution is 5.31. The van der Waals surface area contributed by atoms with Crippen molar-refractivity contribution >= 4 is 0 Å². The summed E-state index contributed by atoms with van der Waals surface area (Å²) in [6.45, 7) is 4.42. The molecule has 0 aromatic heterocycles. The zero-order chi connectivity index (χ0) is 13.7. The molecule has 0 aliphatic carbocycles. The Bertz CT molecular complexity index is 405. The van der Waals surface area contributed by atoms with Crippen molar-refractivity contribution in [2.24, 2.45) is 5.92 Å². The largest absolute Gasteiger partial charge is 0.491 e. The van der Waals surface area contributed by atoms with Gasteiger partial charge >= 0.3 is 0 Å². The maximum absolute atomic E-state index is 13.9. The lowest BCUT2D eigenvalue weighted by molar-refractivity contribution is 0.295. The fraction of sp³-hybridized carbons (Fsp3) is 0.600. The lowest BCUT2D eigenvalue weighted by atomic mass is 9.87. The van der Waals surface area contributed by atoms with Gasteiger partial charge in [0.15, 0.2) is 11.6 Å². The molecule has 1 fully saturated rings. The van der Waals surface area contributed by atoms with Gasteiger partial charge in [0.1, 0.15) is 0 Å². The summed E-state index contributed by atoms with van der Waals surface area (Å²) in [6, 6.07) is 5.48. The third-order valence-electron chi connectivity index (χ3n) is 3.73. The molecule has 0 saturated carbocycles. The molecule has 1 aliphatic heterocycles. The van der Waals surface area contributed by atoms with Gasteiger partial charge in [-0.3, -0.25) is 0 Å². The van der Waals surface area contributed by atoms with Crippen LogP contribution in [0.25, 0.3) is 0 Å². The van der Waals surface area contributed by atoms with E-state index in [9.17, 15) is 4.39 Å². The van der Waals surface area contributed by atoms with E-state index in [0.717, 1.165) is 18.7 Å². The molecule has 1 saturated heterocycles. The molecular weight excluding hydrogens is 243 g/mol. The Labute approximate surface area is 114 Å². The Morgan fingerprint density at radius 3 is 2.95 bits per heavy atom. The fourth-order valence-electron chi connectivity index (χ4n) is 2.82. The van der Waals surface area contributed by atoms with Crippen LogP contribution in [0.4, 0.5) is 4.39 Å². The summed E-state index contributed by atoms with van der Waals surface area (Å²) < 4.78 is 19.2. The maximum Gasteiger partial charge on any atom is 0.165 e. The molecule has 1 heterocycles. The molecule has 1 aromatic rings. The number of hydrogen-bond acceptors (Lipinski definition) is 3. The fourth-order valence-corrected chi connectivity index (χ4v) is 2.82. The SMILES string of the molecule is CCOc1ccc(C(NC)C2CCCNC2)cc1F. The predicted molar refractivity (Wildman–Crippen MR) is 75.0 cm³/mol. The second-order valence-electron chi connectivity index (χ2n) is 5.00. The van der Waals surface area contributed by atoms with Crippen molar-refractivity contribution in [1.29, 1.82) is 0 Å². The van der Waals surface area contributed by atoms with E-state index >= 15 is 0 Å². The van der Waals surface area contributed by atoms with Crippen LogP contribution in [0, 0.1) is 11.7 Å². The first-order chi connectivity index (χ1) is 9.26. The number of rotatable bonds is 5. The zero-order valence-corrected chi connectivity index (χ0v) is 11.7. The van der Waals surface area contributed by atoms with Crippen molar-refractivity contribution in [2.45, 2.75) is 25.8 Å². The van der Waals surface area contributed by atoms with Gasteiger partial charge in [-0.2, -0.15) is 0 Å². The molecule has 19 heavy (non-hydrogen) atoms. The summed E-state index contributed by atoms with van der Waals surface area (Å²) in [7, 11) is 1.94. The Balaban J connectivity index is 2.15. The summed E-state index contributed by atoms with van der Waals surface area (Å²) in [5.41, 5.74) is 0.997. The van der Waals surface area contributed by atoms with Crippen molar-refractivity contribution in [2.75, 3.05) is 26.7 Å². The minimum Gasteiger partial charge on any atom is -0.491 e. The van der Waals surface area contributed by atoms with Gasteiger partial charge in [-0.1, -0.05) is 6.07 Å². The number of ether oxygens (including phenoxy) is 1. The van der Waals surface area contributed by atoms with Crippen LogP contribution in [0.15, 0.2) is 18.2 Å². The van der Waals surface area contributed by atoms with E-state index in [2.05, 4.69) is 10.6 Å². The molecule has 0 radical (unpaired) electrons. The van der Waals surface area contributed by atoms with E-state index in [1.54, 1.807) is 12.1 Å². The summed E-state index contributed by atoms with van der Waals surface area (Å²) in [4.78, 5) is 0. The number of nitrogens with one attached hydrogen (secondary N) is 2. The van der Waals surface area contributed by atoms with Crippen LogP contribution in [-0.2, 0) is 0 Å². The summed E-state index contributed by atoms with van der Waals surface area (Å²) >= 11 is 0. The maximum atomic E-state index is 13.9. The van der Waals surface area contributed by atoms with Gasteiger partial charge in [0.25, 0.3) is 0 Å². The third-order valence-corrected chi connectivity index (χ3v) is 3.73. The van der Waals surface area contributed by atoms with Gasteiger partial charge in [0, 0.05) is 6.04 Å². The average Bonchev–Trinajstić information content (AvgIpc) is 2.44. The first-order valence-electron chi connectivity index (χ1n) is 7.06. The molecule has 2 unspecified atom stereocenters. The van der Waals surface area contributed by atoms with Gasteiger partial charge in [-0.05, 0) is 63.5 Å². The molecule has 4 heteroatoms. The van der Waals surface area contributed by atoms with Crippen LogP contribution >= 0.6 is 0 Å². The first kappa shape index (κ1) is 14.3. The topological polar surface area (TPSA) is 33.3 Å². The van der Waals surface area contributed by atoms with Gasteiger partial charge in [-0.15, -0.1) is 0 Å². The van der Waals surface area contributed by atoms with Crippen molar-refractivity contribution in [3.63, 3.8) is 0 Å². The molecule has 106 valence electrons. The van der Waals surface area contributed by atoms with Crippen LogP contribution in [0.2, 0.25) is 0 Å². The molecule has 1 aromatic carbocycles. The van der Waals surface area contributed by atoms with Crippen LogP contribution in [0.5, 0.6) is 5.75 Å². The normalized spacial score (nSPS) is 21.1. The Kier molecular flexibility index (Phi) is 5.16. The van der Waals surface area contributed by atoms with Crippen molar-refractivity contribution in [3.05, 3.63) is 29.6 Å². The Morgan fingerprint density at radius 1 is 1.53 bits per heavy atom. The van der Waals surface area contributed by atoms with E-state index < -0.39 is 0 Å². The van der Waals surface area contributed by atoms with E-state index in [1.165, 1.54) is 12.8 Å². The highest BCUT2D eigenvalue weighted by Crippen LogP contribution is 2.29. The Hall–Kier alpha value is -1.13. The smallest absolute Gasteiger partial charge is 0.165 e. The quantitative estimate of drug-likeness (QED) is 0.859. The van der Waals surface area contributed by atoms with Crippen molar-refractivity contribution < 1.29 is 9.13 Å². The van der Waals surface area contributed by atoms with Gasteiger partial charge in [-0.25, -0.2) is 4.39 Å². The second kappa shape index (κ2) is 6.87. The first-order valence-corrected chi connectivity index (χ1v) is 7.06. The molecule has 3 nitrogen and oxygen atoms in total. The van der Waals surface area contributed by atoms with Crippen LogP contribution in [-0.4, -0.2) is 26.7 Å². The number of piperidine rings is 1. The van der Waals surface area contributed by atoms with Gasteiger partial charge < -0.3 is 15.4 Å². The highest BCUT2D eigenvalue weighted by Gasteiger charge is 2.24. The average molecular weight is 266 g/mol. The summed E-state index contributed by atoms with van der Waals surface area (Å²) in [5, 5.41) is 6.73. The lowest BCUT2D eigenvalue weighted by Crippen LogP contribution is -2.37. The number of benzene rings is 1. The summed E-state index contributed by atoms with van der Waals surface area (Å²) in [5.74, 6) is 0.572. The van der Waals surface area contributed by atoms with E-state index in [4.69, 9.17) is 4.74 Å². The molecule has 0 bridgehead atoms. The molecule has 0 amide bonds. The standard InChI is InChI=1S/C15H23FN2O/c1-3-19-14-7-6-11(9-13(14)16)15(17-2)12-5-4-8-18-10-12/h6-7,9,12,15,17-18H,3-5,8,10H2,1-2H3. The number of hydrogen-bond donors (Lipinski definition) is 2. The minimum absolute atomic E-state index is 0.193. The van der Waals surface area contributed by atoms with E-state index in [-0.39, 0.29) is 11.9 Å². The molecule has 0 spiro atoms. The summed E-state index contributed by atoms with van der Waals surface area (Å²) in [6.07, 6.45) is 2.36. The van der Waals surface area contributed by atoms with Crippen molar-refractivity contribution in [3.8, 4) is 5.75 Å². The number of halogens is 1. The van der Waals surface area contributed by atoms with Crippen LogP contribution in [0.3, 0.4) is 0 Å². The predicted octanol–water partition coefficient (Wildman–Crippen LogP) is 2.48. The monoisotopic (exact) mass is 266 g/mol. The zero-order valence-electron chi connectivity index (χ0n) is 11.7. The van der Waals surface area contributed by atoms with Gasteiger partial charge in [0.2, 0.25) is 0 Å². The lowest BCUT2D eigenvalue weighted by Gasteiger charge is -2.31. The minimum atomic E-state index is -0.275. The molecule has 1 aliphatic rings. The molecule has 2 rings (SSSR count). The molecular formula is C15H23FN2O. The van der Waals surface area contributed by atoms with Crippen molar-refractivity contribution in [1.82, 2.24) is 10.6 Å². The second-order valence-corrected chi connectivity index (χ2v) is 5.00. The molecule has 2 atom stereocenters. The van der Waals surface area contributed by atoms with Crippen LogP contribution in [0.1, 0.15) is 31.4 Å². The van der Waals surface area contributed by atoms with Crippen LogP contribution < -0.4 is 15.4 Å². The Morgan fingerprint density at radius 2 is 2.37 bits per heavy atom. The highest BCUT2D eigenvalue weighted by atomic mass is 19.1. The van der Waals surface area contributed by atoms with E-state index in [0.29, 0.717) is 18.3 Å². The molecule has 2 N–H and O–H groups in total.